The summed E-state index contributed by atoms with van der Waals surface area (Å²) in [4.78, 5) is 23.6. The van der Waals surface area contributed by atoms with Crippen LogP contribution in [0.4, 0.5) is 11.4 Å². The molecule has 1 amide bonds. The number of carbonyl (C=O) groups is 1. The topological polar surface area (TPSA) is 116 Å². The third-order valence-corrected chi connectivity index (χ3v) is 3.95. The van der Waals surface area contributed by atoms with E-state index in [0.29, 0.717) is 11.4 Å². The van der Waals surface area contributed by atoms with Gasteiger partial charge in [-0.15, -0.1) is 10.2 Å². The van der Waals surface area contributed by atoms with Crippen molar-refractivity contribution in [1.29, 1.82) is 0 Å². The van der Waals surface area contributed by atoms with E-state index in [2.05, 4.69) is 20.7 Å². The zero-order chi connectivity index (χ0) is 18.7. The van der Waals surface area contributed by atoms with Crippen LogP contribution in [0.5, 0.6) is 0 Å². The Kier molecular flexibility index (Phi) is 4.70. The Bertz CT molecular complexity index is 965. The third-order valence-electron chi connectivity index (χ3n) is 3.95. The van der Waals surface area contributed by atoms with Crippen LogP contribution in [-0.4, -0.2) is 31.0 Å². The minimum Gasteiger partial charge on any atom is -0.324 e. The van der Waals surface area contributed by atoms with Crippen LogP contribution in [0.15, 0.2) is 42.5 Å². The normalized spacial score (nSPS) is 10.5. The predicted molar refractivity (Wildman–Crippen MR) is 94.5 cm³/mol. The maximum absolute atomic E-state index is 12.2. The lowest BCUT2D eigenvalue weighted by atomic mass is 10.1. The van der Waals surface area contributed by atoms with Crippen molar-refractivity contribution in [1.82, 2.24) is 20.2 Å². The molecule has 0 saturated heterocycles. The Balaban J connectivity index is 1.69. The molecule has 0 atom stereocenters. The van der Waals surface area contributed by atoms with Gasteiger partial charge in [-0.3, -0.25) is 14.9 Å². The van der Waals surface area contributed by atoms with E-state index in [-0.39, 0.29) is 18.1 Å². The van der Waals surface area contributed by atoms with E-state index in [9.17, 15) is 14.9 Å². The van der Waals surface area contributed by atoms with Crippen LogP contribution in [0.1, 0.15) is 11.1 Å². The van der Waals surface area contributed by atoms with Gasteiger partial charge in [-0.25, -0.2) is 0 Å². The highest BCUT2D eigenvalue weighted by Gasteiger charge is 2.12. The number of nitro benzene ring substituents is 1. The van der Waals surface area contributed by atoms with E-state index in [1.54, 1.807) is 0 Å². The molecule has 9 heteroatoms. The molecule has 0 aliphatic rings. The SMILES string of the molecule is Cc1cccc(NC(=O)Cn2nnc(-c3ccc([N+](=O)[O-])cc3)n2)c1C. The smallest absolute Gasteiger partial charge is 0.269 e. The standard InChI is InChI=1S/C17H16N6O3/c1-11-4-3-5-15(12(11)2)18-16(24)10-22-20-17(19-21-22)13-6-8-14(9-7-13)23(25)26/h3-9H,10H2,1-2H3,(H,18,24). The molecule has 1 aromatic heterocycles. The van der Waals surface area contributed by atoms with Gasteiger partial charge in [0.15, 0.2) is 0 Å². The number of rotatable bonds is 5. The van der Waals surface area contributed by atoms with Crippen molar-refractivity contribution in [2.75, 3.05) is 5.32 Å². The van der Waals surface area contributed by atoms with Gasteiger partial charge < -0.3 is 5.32 Å². The van der Waals surface area contributed by atoms with Crippen molar-refractivity contribution in [3.05, 3.63) is 63.7 Å². The Morgan fingerprint density at radius 2 is 1.92 bits per heavy atom. The van der Waals surface area contributed by atoms with Gasteiger partial charge in [0.05, 0.1) is 4.92 Å². The molecule has 0 bridgehead atoms. The van der Waals surface area contributed by atoms with Gasteiger partial charge >= 0.3 is 0 Å². The number of amides is 1. The first-order valence-electron chi connectivity index (χ1n) is 7.83. The average molecular weight is 352 g/mol. The molecular weight excluding hydrogens is 336 g/mol. The maximum atomic E-state index is 12.2. The van der Waals surface area contributed by atoms with E-state index in [0.717, 1.165) is 16.8 Å². The first-order chi connectivity index (χ1) is 12.4. The van der Waals surface area contributed by atoms with Crippen LogP contribution in [0.2, 0.25) is 0 Å². The predicted octanol–water partition coefficient (Wildman–Crippen LogP) is 2.50. The summed E-state index contributed by atoms with van der Waals surface area (Å²) in [5.41, 5.74) is 3.39. The highest BCUT2D eigenvalue weighted by molar-refractivity contribution is 5.91. The molecular formula is C17H16N6O3. The number of aryl methyl sites for hydroxylation is 1. The van der Waals surface area contributed by atoms with E-state index in [1.165, 1.54) is 29.1 Å². The Morgan fingerprint density at radius 1 is 1.19 bits per heavy atom. The van der Waals surface area contributed by atoms with Crippen LogP contribution >= 0.6 is 0 Å². The minimum atomic E-state index is -0.480. The molecule has 3 aromatic rings. The van der Waals surface area contributed by atoms with Gasteiger partial charge in [0.1, 0.15) is 6.54 Å². The highest BCUT2D eigenvalue weighted by atomic mass is 16.6. The van der Waals surface area contributed by atoms with Crippen molar-refractivity contribution >= 4 is 17.3 Å². The number of nitro groups is 1. The summed E-state index contributed by atoms with van der Waals surface area (Å²) in [5, 5.41) is 25.4. The van der Waals surface area contributed by atoms with Crippen LogP contribution in [0.25, 0.3) is 11.4 Å². The Hall–Kier alpha value is -3.62. The molecule has 3 rings (SSSR count). The first-order valence-corrected chi connectivity index (χ1v) is 7.83. The molecule has 132 valence electrons. The molecule has 0 spiro atoms. The van der Waals surface area contributed by atoms with E-state index < -0.39 is 4.92 Å². The van der Waals surface area contributed by atoms with Crippen molar-refractivity contribution in [3.8, 4) is 11.4 Å². The van der Waals surface area contributed by atoms with E-state index in [1.807, 2.05) is 32.0 Å². The lowest BCUT2D eigenvalue weighted by Crippen LogP contribution is -2.21. The number of hydrogen-bond acceptors (Lipinski definition) is 6. The summed E-state index contributed by atoms with van der Waals surface area (Å²) in [6, 6.07) is 11.5. The fourth-order valence-corrected chi connectivity index (χ4v) is 2.36. The lowest BCUT2D eigenvalue weighted by Gasteiger charge is -2.09. The first kappa shape index (κ1) is 17.2. The zero-order valence-corrected chi connectivity index (χ0v) is 14.2. The van der Waals surface area contributed by atoms with E-state index >= 15 is 0 Å². The van der Waals surface area contributed by atoms with Crippen molar-refractivity contribution < 1.29 is 9.72 Å². The minimum absolute atomic E-state index is 0.0194. The summed E-state index contributed by atoms with van der Waals surface area (Å²) in [5.74, 6) is 0.0192. The lowest BCUT2D eigenvalue weighted by molar-refractivity contribution is -0.384. The number of anilines is 1. The summed E-state index contributed by atoms with van der Waals surface area (Å²) >= 11 is 0. The van der Waals surface area contributed by atoms with Gasteiger partial charge in [0, 0.05) is 23.4 Å². The number of hydrogen-bond donors (Lipinski definition) is 1. The fraction of sp³-hybridized carbons (Fsp3) is 0.176. The van der Waals surface area contributed by atoms with Crippen LogP contribution in [-0.2, 0) is 11.3 Å². The quantitative estimate of drug-likeness (QED) is 0.557. The fourth-order valence-electron chi connectivity index (χ4n) is 2.36. The molecule has 0 aliphatic carbocycles. The number of carbonyl (C=O) groups excluding carboxylic acids is 1. The molecule has 2 aromatic carbocycles. The van der Waals surface area contributed by atoms with Gasteiger partial charge in [-0.2, -0.15) is 4.80 Å². The molecule has 0 aliphatic heterocycles. The van der Waals surface area contributed by atoms with E-state index in [4.69, 9.17) is 0 Å². The molecule has 1 N–H and O–H groups in total. The molecule has 0 radical (unpaired) electrons. The Labute approximate surface area is 148 Å². The van der Waals surface area contributed by atoms with Crippen LogP contribution in [0.3, 0.4) is 0 Å². The second kappa shape index (κ2) is 7.09. The number of nitrogens with zero attached hydrogens (tertiary/aromatic N) is 5. The summed E-state index contributed by atoms with van der Waals surface area (Å²) < 4.78 is 0. The third kappa shape index (κ3) is 3.72. The molecule has 1 heterocycles. The Morgan fingerprint density at radius 3 is 2.62 bits per heavy atom. The number of non-ortho nitro benzene ring substituents is 1. The molecule has 0 unspecified atom stereocenters. The van der Waals surface area contributed by atoms with Crippen LogP contribution in [0, 0.1) is 24.0 Å². The van der Waals surface area contributed by atoms with Crippen molar-refractivity contribution in [2.45, 2.75) is 20.4 Å². The van der Waals surface area contributed by atoms with Gasteiger partial charge in [-0.05, 0) is 48.4 Å². The summed E-state index contributed by atoms with van der Waals surface area (Å²) in [6.45, 7) is 3.82. The molecule has 0 fully saturated rings. The highest BCUT2D eigenvalue weighted by Crippen LogP contribution is 2.19. The van der Waals surface area contributed by atoms with Gasteiger partial charge in [-0.1, -0.05) is 12.1 Å². The molecule has 9 nitrogen and oxygen atoms in total. The maximum Gasteiger partial charge on any atom is 0.269 e. The number of benzene rings is 2. The van der Waals surface area contributed by atoms with Crippen molar-refractivity contribution in [3.63, 3.8) is 0 Å². The van der Waals surface area contributed by atoms with Gasteiger partial charge in [0.2, 0.25) is 11.7 Å². The number of aromatic nitrogens is 4. The summed E-state index contributed by atoms with van der Waals surface area (Å²) in [7, 11) is 0. The second-order valence-corrected chi connectivity index (χ2v) is 5.74. The monoisotopic (exact) mass is 352 g/mol. The average Bonchev–Trinajstić information content (AvgIpc) is 3.07. The summed E-state index contributed by atoms with van der Waals surface area (Å²) in [6.07, 6.45) is 0. The molecule has 26 heavy (non-hydrogen) atoms. The zero-order valence-electron chi connectivity index (χ0n) is 14.2. The second-order valence-electron chi connectivity index (χ2n) is 5.74. The largest absolute Gasteiger partial charge is 0.324 e. The molecule has 0 saturated carbocycles. The van der Waals surface area contributed by atoms with Crippen molar-refractivity contribution in [2.24, 2.45) is 0 Å². The number of nitrogens with one attached hydrogen (secondary N) is 1. The number of tetrazole rings is 1. The van der Waals surface area contributed by atoms with Gasteiger partial charge in [0.25, 0.3) is 5.69 Å². The van der Waals surface area contributed by atoms with Crippen LogP contribution < -0.4 is 5.32 Å².